The van der Waals surface area contributed by atoms with Gasteiger partial charge in [0.25, 0.3) is 5.91 Å². The molecule has 0 aliphatic rings. The SMILES string of the molecule is Cc1ccc(F)c(NC(=O)COC(=O)c2ccccc2N)c1. The molecule has 0 atom stereocenters. The van der Waals surface area contributed by atoms with Crippen molar-refractivity contribution in [2.75, 3.05) is 17.7 Å². The summed E-state index contributed by atoms with van der Waals surface area (Å²) in [6, 6.07) is 10.7. The number of hydrogen-bond acceptors (Lipinski definition) is 4. The Labute approximate surface area is 126 Å². The van der Waals surface area contributed by atoms with Gasteiger partial charge in [0.05, 0.1) is 11.3 Å². The number of ether oxygens (including phenoxy) is 1. The molecule has 0 radical (unpaired) electrons. The number of carbonyl (C=O) groups excluding carboxylic acids is 2. The number of anilines is 2. The molecular formula is C16H15FN2O3. The summed E-state index contributed by atoms with van der Waals surface area (Å²) in [4.78, 5) is 23.5. The minimum Gasteiger partial charge on any atom is -0.452 e. The first-order valence-corrected chi connectivity index (χ1v) is 6.55. The number of para-hydroxylation sites is 1. The lowest BCUT2D eigenvalue weighted by Gasteiger charge is -2.09. The van der Waals surface area contributed by atoms with E-state index in [2.05, 4.69) is 5.32 Å². The van der Waals surface area contributed by atoms with Crippen LogP contribution in [0.3, 0.4) is 0 Å². The van der Waals surface area contributed by atoms with Gasteiger partial charge in [-0.25, -0.2) is 9.18 Å². The Bertz CT molecular complexity index is 716. The lowest BCUT2D eigenvalue weighted by molar-refractivity contribution is -0.119. The van der Waals surface area contributed by atoms with Crippen LogP contribution in [0, 0.1) is 12.7 Å². The molecular weight excluding hydrogens is 287 g/mol. The van der Waals surface area contributed by atoms with Gasteiger partial charge in [-0.1, -0.05) is 18.2 Å². The van der Waals surface area contributed by atoms with E-state index in [-0.39, 0.29) is 16.9 Å². The van der Waals surface area contributed by atoms with Crippen LogP contribution in [-0.2, 0) is 9.53 Å². The molecule has 0 saturated carbocycles. The summed E-state index contributed by atoms with van der Waals surface area (Å²) in [7, 11) is 0. The molecule has 22 heavy (non-hydrogen) atoms. The number of benzene rings is 2. The number of amides is 1. The molecule has 5 nitrogen and oxygen atoms in total. The molecule has 114 valence electrons. The van der Waals surface area contributed by atoms with E-state index in [9.17, 15) is 14.0 Å². The minimum atomic E-state index is -0.710. The first-order chi connectivity index (χ1) is 10.5. The maximum Gasteiger partial charge on any atom is 0.340 e. The van der Waals surface area contributed by atoms with Gasteiger partial charge in [-0.15, -0.1) is 0 Å². The van der Waals surface area contributed by atoms with Crippen molar-refractivity contribution in [3.63, 3.8) is 0 Å². The van der Waals surface area contributed by atoms with Crippen LogP contribution in [0.15, 0.2) is 42.5 Å². The molecule has 1 amide bonds. The third kappa shape index (κ3) is 3.82. The zero-order valence-corrected chi connectivity index (χ0v) is 11.9. The summed E-state index contributed by atoms with van der Waals surface area (Å²) < 4.78 is 18.4. The van der Waals surface area contributed by atoms with E-state index in [0.29, 0.717) is 0 Å². The maximum atomic E-state index is 13.5. The highest BCUT2D eigenvalue weighted by Gasteiger charge is 2.13. The molecule has 3 N–H and O–H groups in total. The fourth-order valence-corrected chi connectivity index (χ4v) is 1.81. The Kier molecular flexibility index (Phi) is 4.73. The van der Waals surface area contributed by atoms with E-state index in [1.165, 1.54) is 18.2 Å². The lowest BCUT2D eigenvalue weighted by Crippen LogP contribution is -2.21. The summed E-state index contributed by atoms with van der Waals surface area (Å²) >= 11 is 0. The molecule has 6 heteroatoms. The summed E-state index contributed by atoms with van der Waals surface area (Å²) in [5.74, 6) is -1.90. The predicted octanol–water partition coefficient (Wildman–Crippen LogP) is 2.51. The normalized spacial score (nSPS) is 10.1. The molecule has 2 aromatic rings. The average Bonchev–Trinajstić information content (AvgIpc) is 2.49. The second-order valence-electron chi connectivity index (χ2n) is 4.69. The molecule has 0 spiro atoms. The number of nitrogens with one attached hydrogen (secondary N) is 1. The molecule has 0 heterocycles. The number of esters is 1. The average molecular weight is 302 g/mol. The standard InChI is InChI=1S/C16H15FN2O3/c1-10-6-7-12(17)14(8-10)19-15(20)9-22-16(21)11-4-2-3-5-13(11)18/h2-8H,9,18H2,1H3,(H,19,20). The number of hydrogen-bond donors (Lipinski definition) is 2. The molecule has 0 aliphatic carbocycles. The number of nitrogen functional groups attached to an aromatic ring is 1. The van der Waals surface area contributed by atoms with E-state index in [1.807, 2.05) is 0 Å². The molecule has 0 aliphatic heterocycles. The Morgan fingerprint density at radius 3 is 2.68 bits per heavy atom. The van der Waals surface area contributed by atoms with Gasteiger partial charge >= 0.3 is 5.97 Å². The molecule has 0 aromatic heterocycles. The fourth-order valence-electron chi connectivity index (χ4n) is 1.81. The molecule has 0 bridgehead atoms. The van der Waals surface area contributed by atoms with Crippen molar-refractivity contribution < 1.29 is 18.7 Å². The van der Waals surface area contributed by atoms with Crippen LogP contribution in [0.4, 0.5) is 15.8 Å². The topological polar surface area (TPSA) is 81.4 Å². The summed E-state index contributed by atoms with van der Waals surface area (Å²) in [5.41, 5.74) is 6.92. The van der Waals surface area contributed by atoms with E-state index < -0.39 is 24.3 Å². The van der Waals surface area contributed by atoms with Crippen LogP contribution < -0.4 is 11.1 Å². The first-order valence-electron chi connectivity index (χ1n) is 6.55. The minimum absolute atomic E-state index is 0.0419. The lowest BCUT2D eigenvalue weighted by atomic mass is 10.2. The summed E-state index contributed by atoms with van der Waals surface area (Å²) in [5, 5.41) is 2.35. The van der Waals surface area contributed by atoms with Gasteiger partial charge in [-0.05, 0) is 36.8 Å². The smallest absolute Gasteiger partial charge is 0.340 e. The van der Waals surface area contributed by atoms with Gasteiger partial charge in [-0.2, -0.15) is 0 Å². The number of nitrogens with two attached hydrogens (primary N) is 1. The van der Waals surface area contributed by atoms with Crippen molar-refractivity contribution >= 4 is 23.3 Å². The quantitative estimate of drug-likeness (QED) is 0.671. The molecule has 0 saturated heterocycles. The zero-order chi connectivity index (χ0) is 16.1. The third-order valence-corrected chi connectivity index (χ3v) is 2.91. The Morgan fingerprint density at radius 1 is 1.23 bits per heavy atom. The predicted molar refractivity (Wildman–Crippen MR) is 80.9 cm³/mol. The number of carbonyl (C=O) groups is 2. The highest BCUT2D eigenvalue weighted by Crippen LogP contribution is 2.16. The van der Waals surface area contributed by atoms with Crippen LogP contribution in [-0.4, -0.2) is 18.5 Å². The number of halogens is 1. The Balaban J connectivity index is 1.94. The molecule has 2 rings (SSSR count). The van der Waals surface area contributed by atoms with Crippen molar-refractivity contribution in [3.8, 4) is 0 Å². The van der Waals surface area contributed by atoms with Crippen LogP contribution >= 0.6 is 0 Å². The zero-order valence-electron chi connectivity index (χ0n) is 11.9. The van der Waals surface area contributed by atoms with E-state index in [0.717, 1.165) is 5.56 Å². The first kappa shape index (κ1) is 15.5. The molecule has 0 unspecified atom stereocenters. The van der Waals surface area contributed by atoms with E-state index in [1.54, 1.807) is 31.2 Å². The van der Waals surface area contributed by atoms with Crippen molar-refractivity contribution in [3.05, 3.63) is 59.4 Å². The van der Waals surface area contributed by atoms with Gasteiger partial charge in [0, 0.05) is 5.69 Å². The Morgan fingerprint density at radius 2 is 1.95 bits per heavy atom. The second kappa shape index (κ2) is 6.71. The van der Waals surface area contributed by atoms with Crippen LogP contribution in [0.2, 0.25) is 0 Å². The van der Waals surface area contributed by atoms with Gasteiger partial charge in [0.1, 0.15) is 5.82 Å². The molecule has 2 aromatic carbocycles. The van der Waals surface area contributed by atoms with Gasteiger partial charge in [0.2, 0.25) is 0 Å². The van der Waals surface area contributed by atoms with Gasteiger partial charge in [0.15, 0.2) is 6.61 Å². The molecule has 0 fully saturated rings. The van der Waals surface area contributed by atoms with E-state index in [4.69, 9.17) is 10.5 Å². The largest absolute Gasteiger partial charge is 0.452 e. The van der Waals surface area contributed by atoms with Crippen molar-refractivity contribution in [1.82, 2.24) is 0 Å². The van der Waals surface area contributed by atoms with Crippen LogP contribution in [0.5, 0.6) is 0 Å². The van der Waals surface area contributed by atoms with E-state index >= 15 is 0 Å². The van der Waals surface area contributed by atoms with Crippen molar-refractivity contribution in [2.45, 2.75) is 6.92 Å². The number of aryl methyl sites for hydroxylation is 1. The monoisotopic (exact) mass is 302 g/mol. The fraction of sp³-hybridized carbons (Fsp3) is 0.125. The second-order valence-corrected chi connectivity index (χ2v) is 4.69. The number of rotatable bonds is 4. The van der Waals surface area contributed by atoms with Gasteiger partial charge in [-0.3, -0.25) is 4.79 Å². The maximum absolute atomic E-state index is 13.5. The van der Waals surface area contributed by atoms with Crippen LogP contribution in [0.1, 0.15) is 15.9 Å². The van der Waals surface area contributed by atoms with Crippen molar-refractivity contribution in [1.29, 1.82) is 0 Å². The summed E-state index contributed by atoms with van der Waals surface area (Å²) in [6.07, 6.45) is 0. The van der Waals surface area contributed by atoms with Crippen molar-refractivity contribution in [2.24, 2.45) is 0 Å². The highest BCUT2D eigenvalue weighted by atomic mass is 19.1. The van der Waals surface area contributed by atoms with Crippen LogP contribution in [0.25, 0.3) is 0 Å². The summed E-state index contributed by atoms with van der Waals surface area (Å²) in [6.45, 7) is 1.24. The Hall–Kier alpha value is -2.89. The van der Waals surface area contributed by atoms with Gasteiger partial charge < -0.3 is 15.8 Å². The highest BCUT2D eigenvalue weighted by molar-refractivity contribution is 5.98. The third-order valence-electron chi connectivity index (χ3n) is 2.91.